The lowest BCUT2D eigenvalue weighted by molar-refractivity contribution is -0.139. The van der Waals surface area contributed by atoms with Crippen molar-refractivity contribution >= 4 is 23.6 Å². The Labute approximate surface area is 156 Å². The van der Waals surface area contributed by atoms with Crippen LogP contribution >= 0.6 is 0 Å². The summed E-state index contributed by atoms with van der Waals surface area (Å²) in [5.41, 5.74) is 2.83. The molecule has 2 aromatic carbocycles. The summed E-state index contributed by atoms with van der Waals surface area (Å²) in [6, 6.07) is 14.0. The van der Waals surface area contributed by atoms with Crippen molar-refractivity contribution in [2.24, 2.45) is 0 Å². The molecule has 2 aliphatic rings. The van der Waals surface area contributed by atoms with E-state index < -0.39 is 11.9 Å². The average molecular weight is 365 g/mol. The first kappa shape index (κ1) is 17.1. The molecule has 7 nitrogen and oxygen atoms in total. The normalized spacial score (nSPS) is 18.8. The van der Waals surface area contributed by atoms with Crippen LogP contribution in [0.25, 0.3) is 0 Å². The molecule has 1 atom stereocenters. The number of carbonyl (C=O) groups excluding carboxylic acids is 2. The minimum absolute atomic E-state index is 0.140. The minimum atomic E-state index is -0.935. The summed E-state index contributed by atoms with van der Waals surface area (Å²) < 4.78 is 0. The summed E-state index contributed by atoms with van der Waals surface area (Å²) in [6.45, 7) is 1.72. The van der Waals surface area contributed by atoms with E-state index in [1.807, 2.05) is 24.3 Å². The number of fused-ring (bicyclic) bond motifs is 1. The van der Waals surface area contributed by atoms with Crippen molar-refractivity contribution in [3.05, 3.63) is 65.2 Å². The predicted octanol–water partition coefficient (Wildman–Crippen LogP) is 2.04. The van der Waals surface area contributed by atoms with E-state index in [1.54, 1.807) is 34.1 Å². The summed E-state index contributed by atoms with van der Waals surface area (Å²) in [5, 5.41) is 12.3. The van der Waals surface area contributed by atoms with Gasteiger partial charge in [-0.15, -0.1) is 0 Å². The van der Waals surface area contributed by atoms with Crippen LogP contribution in [0.5, 0.6) is 0 Å². The number of benzene rings is 2. The third-order valence-corrected chi connectivity index (χ3v) is 5.06. The first-order valence-electron chi connectivity index (χ1n) is 8.80. The molecule has 2 heterocycles. The maximum atomic E-state index is 12.9. The van der Waals surface area contributed by atoms with E-state index in [2.05, 4.69) is 5.32 Å². The van der Waals surface area contributed by atoms with Crippen LogP contribution in [0.4, 0.5) is 10.5 Å². The fourth-order valence-corrected chi connectivity index (χ4v) is 3.66. The van der Waals surface area contributed by atoms with Crippen molar-refractivity contribution < 1.29 is 19.5 Å². The van der Waals surface area contributed by atoms with Crippen molar-refractivity contribution in [1.82, 2.24) is 10.2 Å². The molecule has 2 aromatic rings. The number of hydrogen-bond donors (Lipinski definition) is 2. The molecule has 1 saturated heterocycles. The van der Waals surface area contributed by atoms with E-state index >= 15 is 0 Å². The minimum Gasteiger partial charge on any atom is -0.481 e. The van der Waals surface area contributed by atoms with Crippen molar-refractivity contribution in [1.29, 1.82) is 0 Å². The molecule has 3 amide bonds. The standard InChI is InChI=1S/C20H19N3O4/c24-18(13-5-7-15(8-6-13)23-10-9-21-20(23)27)22-11-14-3-1-2-4-16(14)17(12-22)19(25)26/h1-8,17H,9-12H2,(H,21,27)(H,25,26). The van der Waals surface area contributed by atoms with Crippen LogP contribution in [0.1, 0.15) is 27.4 Å². The van der Waals surface area contributed by atoms with Gasteiger partial charge in [-0.25, -0.2) is 4.79 Å². The maximum Gasteiger partial charge on any atom is 0.321 e. The number of nitrogens with one attached hydrogen (secondary N) is 1. The zero-order valence-electron chi connectivity index (χ0n) is 14.6. The number of carbonyl (C=O) groups is 3. The van der Waals surface area contributed by atoms with E-state index in [4.69, 9.17) is 0 Å². The van der Waals surface area contributed by atoms with Gasteiger partial charge in [0.05, 0.1) is 5.92 Å². The van der Waals surface area contributed by atoms with E-state index in [0.717, 1.165) is 16.8 Å². The van der Waals surface area contributed by atoms with E-state index in [0.29, 0.717) is 25.2 Å². The van der Waals surface area contributed by atoms with Gasteiger partial charge in [0.1, 0.15) is 0 Å². The smallest absolute Gasteiger partial charge is 0.321 e. The highest BCUT2D eigenvalue weighted by Crippen LogP contribution is 2.29. The SMILES string of the molecule is O=C(O)C1CN(C(=O)c2ccc(N3CCNC3=O)cc2)Cc2ccccc21. The highest BCUT2D eigenvalue weighted by molar-refractivity contribution is 5.97. The maximum absolute atomic E-state index is 12.9. The van der Waals surface area contributed by atoms with Crippen molar-refractivity contribution in [2.45, 2.75) is 12.5 Å². The second-order valence-electron chi connectivity index (χ2n) is 6.71. The van der Waals surface area contributed by atoms with E-state index in [-0.39, 0.29) is 18.5 Å². The Morgan fingerprint density at radius 3 is 2.48 bits per heavy atom. The Bertz CT molecular complexity index is 910. The third kappa shape index (κ3) is 3.12. The number of carboxylic acids is 1. The van der Waals surface area contributed by atoms with Gasteiger partial charge in [-0.2, -0.15) is 0 Å². The van der Waals surface area contributed by atoms with Crippen LogP contribution in [0.15, 0.2) is 48.5 Å². The van der Waals surface area contributed by atoms with Crippen LogP contribution in [0.2, 0.25) is 0 Å². The number of hydrogen-bond acceptors (Lipinski definition) is 3. The molecule has 27 heavy (non-hydrogen) atoms. The lowest BCUT2D eigenvalue weighted by Gasteiger charge is -2.33. The van der Waals surface area contributed by atoms with Gasteiger partial charge in [0, 0.05) is 37.4 Å². The van der Waals surface area contributed by atoms with Crippen LogP contribution in [0, 0.1) is 0 Å². The summed E-state index contributed by atoms with van der Waals surface area (Å²) in [6.07, 6.45) is 0. The lowest BCUT2D eigenvalue weighted by Crippen LogP contribution is -2.40. The molecule has 1 unspecified atom stereocenters. The second kappa shape index (κ2) is 6.75. The Balaban J connectivity index is 1.56. The van der Waals surface area contributed by atoms with Crippen molar-refractivity contribution in [3.63, 3.8) is 0 Å². The highest BCUT2D eigenvalue weighted by Gasteiger charge is 2.32. The summed E-state index contributed by atoms with van der Waals surface area (Å²) in [5.74, 6) is -1.88. The molecule has 1 fully saturated rings. The van der Waals surface area contributed by atoms with Crippen molar-refractivity contribution in [2.75, 3.05) is 24.5 Å². The van der Waals surface area contributed by atoms with Gasteiger partial charge in [0.25, 0.3) is 5.91 Å². The number of nitrogens with zero attached hydrogens (tertiary/aromatic N) is 2. The predicted molar refractivity (Wildman–Crippen MR) is 98.7 cm³/mol. The fourth-order valence-electron chi connectivity index (χ4n) is 3.66. The molecular weight excluding hydrogens is 346 g/mol. The quantitative estimate of drug-likeness (QED) is 0.871. The van der Waals surface area contributed by atoms with Gasteiger partial charge in [-0.05, 0) is 35.4 Å². The molecule has 7 heteroatoms. The molecule has 0 radical (unpaired) electrons. The molecule has 2 aliphatic heterocycles. The van der Waals surface area contributed by atoms with Gasteiger partial charge in [-0.1, -0.05) is 24.3 Å². The topological polar surface area (TPSA) is 89.9 Å². The first-order valence-corrected chi connectivity index (χ1v) is 8.80. The third-order valence-electron chi connectivity index (χ3n) is 5.06. The van der Waals surface area contributed by atoms with Gasteiger partial charge in [0.15, 0.2) is 0 Å². The molecule has 0 saturated carbocycles. The number of urea groups is 1. The van der Waals surface area contributed by atoms with Crippen LogP contribution in [-0.2, 0) is 11.3 Å². The number of aliphatic carboxylic acids is 1. The van der Waals surface area contributed by atoms with Crippen molar-refractivity contribution in [3.8, 4) is 0 Å². The molecule has 4 rings (SSSR count). The van der Waals surface area contributed by atoms with Crippen LogP contribution in [-0.4, -0.2) is 47.5 Å². The monoisotopic (exact) mass is 365 g/mol. The average Bonchev–Trinajstić information content (AvgIpc) is 3.12. The number of anilines is 1. The largest absolute Gasteiger partial charge is 0.481 e. The summed E-state index contributed by atoms with van der Waals surface area (Å²) >= 11 is 0. The molecule has 138 valence electrons. The van der Waals surface area contributed by atoms with Gasteiger partial charge in [-0.3, -0.25) is 14.5 Å². The Kier molecular flexibility index (Phi) is 4.27. The van der Waals surface area contributed by atoms with Crippen LogP contribution < -0.4 is 10.2 Å². The Hall–Kier alpha value is -3.35. The van der Waals surface area contributed by atoms with Crippen LogP contribution in [0.3, 0.4) is 0 Å². The lowest BCUT2D eigenvalue weighted by atomic mass is 9.89. The van der Waals surface area contributed by atoms with E-state index in [1.165, 1.54) is 0 Å². The molecule has 2 N–H and O–H groups in total. The molecule has 0 bridgehead atoms. The molecule has 0 aliphatic carbocycles. The van der Waals surface area contributed by atoms with Gasteiger partial charge < -0.3 is 15.3 Å². The first-order chi connectivity index (χ1) is 13.0. The number of amides is 3. The van der Waals surface area contributed by atoms with Gasteiger partial charge in [0.2, 0.25) is 0 Å². The highest BCUT2D eigenvalue weighted by atomic mass is 16.4. The summed E-state index contributed by atoms with van der Waals surface area (Å²) in [4.78, 5) is 39.5. The second-order valence-corrected chi connectivity index (χ2v) is 6.71. The zero-order chi connectivity index (χ0) is 19.0. The number of rotatable bonds is 3. The van der Waals surface area contributed by atoms with E-state index in [9.17, 15) is 19.5 Å². The fraction of sp³-hybridized carbons (Fsp3) is 0.250. The molecule has 0 spiro atoms. The molecule has 0 aromatic heterocycles. The zero-order valence-corrected chi connectivity index (χ0v) is 14.6. The molecular formula is C20H19N3O4. The van der Waals surface area contributed by atoms with Gasteiger partial charge >= 0.3 is 12.0 Å². The Morgan fingerprint density at radius 2 is 1.81 bits per heavy atom. The summed E-state index contributed by atoms with van der Waals surface area (Å²) in [7, 11) is 0. The Morgan fingerprint density at radius 1 is 1.07 bits per heavy atom. The number of carboxylic acid groups (broad SMARTS) is 1.